The fourth-order valence-electron chi connectivity index (χ4n) is 1.84. The van der Waals surface area contributed by atoms with Crippen LogP contribution >= 0.6 is 0 Å². The third-order valence-corrected chi connectivity index (χ3v) is 4.88. The number of aromatic nitrogens is 2. The molecule has 106 valence electrons. The van der Waals surface area contributed by atoms with Crippen molar-refractivity contribution >= 4 is 16.0 Å². The number of hydrogen-bond acceptors (Lipinski definition) is 6. The van der Waals surface area contributed by atoms with Crippen molar-refractivity contribution in [3.63, 3.8) is 0 Å². The van der Waals surface area contributed by atoms with Crippen molar-refractivity contribution in [1.29, 1.82) is 0 Å². The lowest BCUT2D eigenvalue weighted by molar-refractivity contribution is 0.211. The van der Waals surface area contributed by atoms with Gasteiger partial charge in [0.15, 0.2) is 0 Å². The zero-order valence-corrected chi connectivity index (χ0v) is 11.9. The highest BCUT2D eigenvalue weighted by atomic mass is 32.2. The molecule has 2 rings (SSSR count). The molecule has 1 aliphatic heterocycles. The first-order valence-electron chi connectivity index (χ1n) is 6.14. The van der Waals surface area contributed by atoms with E-state index >= 15 is 0 Å². The largest absolute Gasteiger partial charge is 0.481 e. The molecule has 19 heavy (non-hydrogen) atoms. The van der Waals surface area contributed by atoms with E-state index in [0.29, 0.717) is 37.4 Å². The normalized spacial score (nSPS) is 16.9. The summed E-state index contributed by atoms with van der Waals surface area (Å²) in [6.45, 7) is 3.44. The predicted octanol–water partition coefficient (Wildman–Crippen LogP) is 0.179. The summed E-state index contributed by atoms with van der Waals surface area (Å²) in [7, 11) is -1.49. The van der Waals surface area contributed by atoms with Gasteiger partial charge in [-0.25, -0.2) is 17.7 Å². The van der Waals surface area contributed by atoms with Crippen molar-refractivity contribution in [2.75, 3.05) is 37.8 Å². The van der Waals surface area contributed by atoms with E-state index in [2.05, 4.69) is 15.3 Å². The first-order valence-corrected chi connectivity index (χ1v) is 7.75. The second-order valence-corrected chi connectivity index (χ2v) is 6.64. The van der Waals surface area contributed by atoms with Crippen LogP contribution in [0.5, 0.6) is 5.88 Å². The average Bonchev–Trinajstić information content (AvgIpc) is 2.37. The van der Waals surface area contributed by atoms with E-state index in [1.807, 2.05) is 0 Å². The van der Waals surface area contributed by atoms with E-state index in [0.717, 1.165) is 0 Å². The maximum Gasteiger partial charge on any atom is 0.225 e. The molecule has 0 amide bonds. The van der Waals surface area contributed by atoms with Gasteiger partial charge >= 0.3 is 0 Å². The summed E-state index contributed by atoms with van der Waals surface area (Å²) in [5.41, 5.74) is 0. The van der Waals surface area contributed by atoms with Gasteiger partial charge in [-0.05, 0) is 6.92 Å². The molecule has 0 radical (unpaired) electrons. The highest BCUT2D eigenvalue weighted by Gasteiger charge is 2.34. The van der Waals surface area contributed by atoms with Crippen molar-refractivity contribution in [3.05, 3.63) is 12.3 Å². The lowest BCUT2D eigenvalue weighted by Gasteiger charge is -2.37. The van der Waals surface area contributed by atoms with Gasteiger partial charge in [0.1, 0.15) is 0 Å². The standard InChI is InChI=1S/C11H18N4O3S/c1-3-19(16,17)15-7-9(8-15)6-13-11-12-5-4-10(14-11)18-2/h4-5,9H,3,6-8H2,1-2H3,(H,12,13,14). The molecule has 0 spiro atoms. The number of anilines is 1. The van der Waals surface area contributed by atoms with E-state index in [9.17, 15) is 8.42 Å². The van der Waals surface area contributed by atoms with Gasteiger partial charge in [-0.15, -0.1) is 0 Å². The molecule has 0 atom stereocenters. The van der Waals surface area contributed by atoms with Gasteiger partial charge in [-0.3, -0.25) is 0 Å². The number of methoxy groups -OCH3 is 1. The molecule has 1 aromatic rings. The van der Waals surface area contributed by atoms with Gasteiger partial charge in [0.25, 0.3) is 0 Å². The van der Waals surface area contributed by atoms with Crippen LogP contribution in [0.4, 0.5) is 5.95 Å². The van der Waals surface area contributed by atoms with Gasteiger partial charge < -0.3 is 10.1 Å². The van der Waals surface area contributed by atoms with E-state index in [1.54, 1.807) is 26.3 Å². The molecule has 0 saturated carbocycles. The van der Waals surface area contributed by atoms with E-state index in [4.69, 9.17) is 4.74 Å². The fourth-order valence-corrected chi connectivity index (χ4v) is 3.08. The van der Waals surface area contributed by atoms with Crippen LogP contribution < -0.4 is 10.1 Å². The Morgan fingerprint density at radius 3 is 2.89 bits per heavy atom. The highest BCUT2D eigenvalue weighted by Crippen LogP contribution is 2.20. The molecule has 0 bridgehead atoms. The summed E-state index contributed by atoms with van der Waals surface area (Å²) < 4.78 is 29.6. The zero-order valence-electron chi connectivity index (χ0n) is 11.0. The third-order valence-electron chi connectivity index (χ3n) is 3.07. The minimum absolute atomic E-state index is 0.159. The van der Waals surface area contributed by atoms with Crippen LogP contribution in [0.25, 0.3) is 0 Å². The van der Waals surface area contributed by atoms with Gasteiger partial charge in [-0.2, -0.15) is 4.98 Å². The van der Waals surface area contributed by atoms with E-state index in [-0.39, 0.29) is 5.75 Å². The summed E-state index contributed by atoms with van der Waals surface area (Å²) in [5.74, 6) is 1.46. The molecule has 8 heteroatoms. The number of hydrogen-bond donors (Lipinski definition) is 1. The van der Waals surface area contributed by atoms with Crippen molar-refractivity contribution in [1.82, 2.24) is 14.3 Å². The highest BCUT2D eigenvalue weighted by molar-refractivity contribution is 7.89. The summed E-state index contributed by atoms with van der Waals surface area (Å²) in [4.78, 5) is 8.20. The summed E-state index contributed by atoms with van der Waals surface area (Å²) >= 11 is 0. The molecule has 7 nitrogen and oxygen atoms in total. The predicted molar refractivity (Wildman–Crippen MR) is 71.6 cm³/mol. The van der Waals surface area contributed by atoms with Crippen LogP contribution in [0.15, 0.2) is 12.3 Å². The van der Waals surface area contributed by atoms with Crippen LogP contribution in [0, 0.1) is 5.92 Å². The van der Waals surface area contributed by atoms with E-state index in [1.165, 1.54) is 4.31 Å². The molecule has 2 heterocycles. The minimum atomic E-state index is -3.03. The van der Waals surface area contributed by atoms with Gasteiger partial charge in [0.05, 0.1) is 12.9 Å². The topological polar surface area (TPSA) is 84.4 Å². The maximum atomic E-state index is 11.5. The molecule has 1 saturated heterocycles. The molecule has 1 N–H and O–H groups in total. The summed E-state index contributed by atoms with van der Waals surface area (Å²) in [6.07, 6.45) is 1.61. The average molecular weight is 286 g/mol. The molecule has 1 fully saturated rings. The van der Waals surface area contributed by atoms with Crippen molar-refractivity contribution in [2.45, 2.75) is 6.92 Å². The Kier molecular flexibility index (Phi) is 4.20. The number of nitrogens with zero attached hydrogens (tertiary/aromatic N) is 3. The maximum absolute atomic E-state index is 11.5. The van der Waals surface area contributed by atoms with Crippen LogP contribution in [0.3, 0.4) is 0 Å². The van der Waals surface area contributed by atoms with Crippen LogP contribution in [0.2, 0.25) is 0 Å². The van der Waals surface area contributed by atoms with Crippen molar-refractivity contribution in [3.8, 4) is 5.88 Å². The number of nitrogens with one attached hydrogen (secondary N) is 1. The Hall–Kier alpha value is -1.41. The molecule has 0 aliphatic carbocycles. The number of rotatable bonds is 6. The zero-order chi connectivity index (χ0) is 13.9. The van der Waals surface area contributed by atoms with E-state index < -0.39 is 10.0 Å². The molecule has 0 aromatic carbocycles. The quantitative estimate of drug-likeness (QED) is 0.803. The first kappa shape index (κ1) is 14.0. The second kappa shape index (κ2) is 5.70. The molecular formula is C11H18N4O3S. The summed E-state index contributed by atoms with van der Waals surface area (Å²) in [6, 6.07) is 1.67. The monoisotopic (exact) mass is 286 g/mol. The smallest absolute Gasteiger partial charge is 0.225 e. The minimum Gasteiger partial charge on any atom is -0.481 e. The van der Waals surface area contributed by atoms with Crippen molar-refractivity contribution < 1.29 is 13.2 Å². The molecule has 0 unspecified atom stereocenters. The Bertz CT molecular complexity index is 528. The Labute approximate surface area is 113 Å². The number of ether oxygens (including phenoxy) is 1. The lowest BCUT2D eigenvalue weighted by atomic mass is 10.0. The van der Waals surface area contributed by atoms with Crippen LogP contribution in [-0.4, -0.2) is 55.2 Å². The Balaban J connectivity index is 1.79. The first-order chi connectivity index (χ1) is 9.05. The Morgan fingerprint density at radius 1 is 1.53 bits per heavy atom. The van der Waals surface area contributed by atoms with Gasteiger partial charge in [0.2, 0.25) is 21.9 Å². The van der Waals surface area contributed by atoms with Crippen LogP contribution in [0.1, 0.15) is 6.92 Å². The van der Waals surface area contributed by atoms with Crippen molar-refractivity contribution in [2.24, 2.45) is 5.92 Å². The lowest BCUT2D eigenvalue weighted by Crippen LogP contribution is -2.52. The van der Waals surface area contributed by atoms with Crippen LogP contribution in [-0.2, 0) is 10.0 Å². The molecular weight excluding hydrogens is 268 g/mol. The summed E-state index contributed by atoms with van der Waals surface area (Å²) in [5, 5.41) is 3.09. The van der Waals surface area contributed by atoms with Gasteiger partial charge in [-0.1, -0.05) is 0 Å². The fraction of sp³-hybridized carbons (Fsp3) is 0.636. The number of sulfonamides is 1. The second-order valence-electron chi connectivity index (χ2n) is 4.39. The molecule has 1 aliphatic rings. The third kappa shape index (κ3) is 3.32. The van der Waals surface area contributed by atoms with Gasteiger partial charge in [0, 0.05) is 37.8 Å². The SMILES string of the molecule is CCS(=O)(=O)N1CC(CNc2nccc(OC)n2)C1. The Morgan fingerprint density at radius 2 is 2.26 bits per heavy atom. The molecule has 1 aromatic heterocycles.